The van der Waals surface area contributed by atoms with Crippen LogP contribution in [0.1, 0.15) is 37.7 Å². The molecule has 7 rings (SSSR count). The Hall–Kier alpha value is -3.68. The molecule has 37 heavy (non-hydrogen) atoms. The molecule has 2 amide bonds. The van der Waals surface area contributed by atoms with Crippen molar-refractivity contribution in [3.8, 4) is 17.0 Å². The van der Waals surface area contributed by atoms with E-state index in [9.17, 15) is 9.59 Å². The van der Waals surface area contributed by atoms with Gasteiger partial charge in [-0.25, -0.2) is 0 Å². The van der Waals surface area contributed by atoms with Gasteiger partial charge in [0.05, 0.1) is 18.0 Å². The fourth-order valence-electron chi connectivity index (χ4n) is 5.90. The van der Waals surface area contributed by atoms with E-state index in [1.165, 1.54) is 0 Å². The molecule has 1 atom stereocenters. The van der Waals surface area contributed by atoms with Crippen molar-refractivity contribution >= 4 is 28.6 Å². The first kappa shape index (κ1) is 22.5. The predicted molar refractivity (Wildman–Crippen MR) is 140 cm³/mol. The third kappa shape index (κ3) is 3.72. The quantitative estimate of drug-likeness (QED) is 0.521. The zero-order chi connectivity index (χ0) is 25.3. The van der Waals surface area contributed by atoms with E-state index in [0.29, 0.717) is 24.2 Å². The number of hydrogen-bond acceptors (Lipinski definition) is 5. The smallest absolute Gasteiger partial charge is 0.256 e. The van der Waals surface area contributed by atoms with Gasteiger partial charge < -0.3 is 9.64 Å². The fraction of sp³-hybridized carbons (Fsp3) is 0.448. The minimum absolute atomic E-state index is 0.132. The van der Waals surface area contributed by atoms with E-state index < -0.39 is 5.54 Å². The highest BCUT2D eigenvalue weighted by Crippen LogP contribution is 2.46. The Morgan fingerprint density at radius 3 is 2.49 bits per heavy atom. The lowest BCUT2D eigenvalue weighted by molar-refractivity contribution is -0.131. The van der Waals surface area contributed by atoms with Crippen molar-refractivity contribution in [2.45, 2.75) is 37.6 Å². The molecule has 2 aromatic carbocycles. The van der Waals surface area contributed by atoms with Gasteiger partial charge in [0.15, 0.2) is 0 Å². The van der Waals surface area contributed by atoms with Gasteiger partial charge in [0.25, 0.3) is 5.91 Å². The summed E-state index contributed by atoms with van der Waals surface area (Å²) in [6.07, 6.45) is 4.66. The minimum atomic E-state index is -0.544. The molecule has 0 radical (unpaired) electrons. The van der Waals surface area contributed by atoms with Crippen LogP contribution in [0.15, 0.2) is 47.5 Å². The molecule has 3 heterocycles. The van der Waals surface area contributed by atoms with Crippen LogP contribution >= 0.6 is 0 Å². The number of fused-ring (bicyclic) bond motifs is 1. The Morgan fingerprint density at radius 2 is 1.78 bits per heavy atom. The number of aliphatic imine (C=N–C) groups is 1. The number of methoxy groups -OCH3 is 1. The number of ether oxygens (including phenoxy) is 1. The number of aryl methyl sites for hydroxylation is 1. The molecule has 8 heteroatoms. The van der Waals surface area contributed by atoms with Crippen molar-refractivity contribution in [2.75, 3.05) is 26.7 Å². The average Bonchev–Trinajstić information content (AvgIpc) is 3.83. The summed E-state index contributed by atoms with van der Waals surface area (Å²) in [6.45, 7) is 2.19. The molecular weight excluding hydrogens is 466 g/mol. The Morgan fingerprint density at radius 1 is 1.05 bits per heavy atom. The van der Waals surface area contributed by atoms with Crippen molar-refractivity contribution < 1.29 is 14.3 Å². The van der Waals surface area contributed by atoms with Crippen LogP contribution in [-0.2, 0) is 16.6 Å². The number of amidine groups is 1. The summed E-state index contributed by atoms with van der Waals surface area (Å²) in [5, 5.41) is 5.41. The van der Waals surface area contributed by atoms with Crippen LogP contribution in [0.3, 0.4) is 0 Å². The summed E-state index contributed by atoms with van der Waals surface area (Å²) >= 11 is 0. The minimum Gasteiger partial charge on any atom is -0.479 e. The van der Waals surface area contributed by atoms with E-state index in [-0.39, 0.29) is 11.8 Å². The number of carbonyl (C=O) groups is 2. The monoisotopic (exact) mass is 497 g/mol. The van der Waals surface area contributed by atoms with E-state index in [4.69, 9.17) is 9.73 Å². The first-order chi connectivity index (χ1) is 18.0. The van der Waals surface area contributed by atoms with Crippen molar-refractivity contribution in [1.29, 1.82) is 0 Å². The fourth-order valence-corrected chi connectivity index (χ4v) is 5.90. The number of hydrogen-bond donors (Lipinski definition) is 0. The standard InChI is InChI=1S/C29H31N5O3/c1-32-24-10-9-22(15-23(24)26(31-32)37-2)19-3-5-20(6-4-19)25-30-29(12-13-29)28(36)34(25)17-18-11-14-33(16-18)27(35)21-7-8-21/h3-6,9-10,15,18,21H,7-8,11-14,16-17H2,1-2H3. The maximum atomic E-state index is 13.4. The third-order valence-electron chi connectivity index (χ3n) is 8.39. The second-order valence-electron chi connectivity index (χ2n) is 11.0. The molecule has 4 aliphatic rings. The number of likely N-dealkylation sites (tertiary alicyclic amines) is 1. The molecule has 2 aliphatic heterocycles. The molecule has 190 valence electrons. The molecule has 3 aromatic rings. The van der Waals surface area contributed by atoms with E-state index in [2.05, 4.69) is 47.6 Å². The molecule has 2 saturated carbocycles. The first-order valence-corrected chi connectivity index (χ1v) is 13.3. The highest BCUT2D eigenvalue weighted by atomic mass is 16.5. The van der Waals surface area contributed by atoms with E-state index in [0.717, 1.165) is 78.6 Å². The first-order valence-electron chi connectivity index (χ1n) is 13.3. The number of carbonyl (C=O) groups excluding carboxylic acids is 2. The topological polar surface area (TPSA) is 80.0 Å². The number of nitrogens with zero attached hydrogens (tertiary/aromatic N) is 5. The van der Waals surface area contributed by atoms with Gasteiger partial charge in [-0.15, -0.1) is 5.10 Å². The summed E-state index contributed by atoms with van der Waals surface area (Å²) < 4.78 is 7.28. The van der Waals surface area contributed by atoms with Gasteiger partial charge in [-0.05, 0) is 61.3 Å². The summed E-state index contributed by atoms with van der Waals surface area (Å²) in [7, 11) is 3.55. The highest BCUT2D eigenvalue weighted by molar-refractivity contribution is 6.16. The number of aromatic nitrogens is 2. The molecular formula is C29H31N5O3. The van der Waals surface area contributed by atoms with Crippen LogP contribution in [-0.4, -0.2) is 69.5 Å². The molecule has 8 nitrogen and oxygen atoms in total. The summed E-state index contributed by atoms with van der Waals surface area (Å²) in [5.41, 5.74) is 3.60. The van der Waals surface area contributed by atoms with Gasteiger partial charge in [-0.2, -0.15) is 0 Å². The molecule has 0 N–H and O–H groups in total. The lowest BCUT2D eigenvalue weighted by Crippen LogP contribution is -2.40. The SMILES string of the molecule is COc1nn(C)c2ccc(-c3ccc(C4=NC5(CC5)C(=O)N4CC4CCN(C(=O)C5CC5)C4)cc3)cc12. The van der Waals surface area contributed by atoms with Crippen molar-refractivity contribution in [3.63, 3.8) is 0 Å². The molecule has 3 fully saturated rings. The summed E-state index contributed by atoms with van der Waals surface area (Å²) in [4.78, 5) is 34.8. The molecule has 1 unspecified atom stereocenters. The van der Waals surface area contributed by atoms with Crippen LogP contribution in [0.4, 0.5) is 0 Å². The lowest BCUT2D eigenvalue weighted by Gasteiger charge is -2.23. The van der Waals surface area contributed by atoms with Crippen LogP contribution < -0.4 is 4.74 Å². The lowest BCUT2D eigenvalue weighted by atomic mass is 10.0. The zero-order valence-corrected chi connectivity index (χ0v) is 21.3. The van der Waals surface area contributed by atoms with Crippen LogP contribution in [0.5, 0.6) is 5.88 Å². The number of rotatable bonds is 6. The van der Waals surface area contributed by atoms with Crippen molar-refractivity contribution in [1.82, 2.24) is 19.6 Å². The van der Waals surface area contributed by atoms with Crippen LogP contribution in [0, 0.1) is 11.8 Å². The summed E-state index contributed by atoms with van der Waals surface area (Å²) in [5.74, 6) is 2.38. The molecule has 2 aliphatic carbocycles. The van der Waals surface area contributed by atoms with Gasteiger partial charge in [-0.1, -0.05) is 30.3 Å². The molecule has 1 aromatic heterocycles. The van der Waals surface area contributed by atoms with Gasteiger partial charge in [0.2, 0.25) is 11.8 Å². The average molecular weight is 498 g/mol. The zero-order valence-electron chi connectivity index (χ0n) is 21.3. The Balaban J connectivity index is 1.13. The van der Waals surface area contributed by atoms with Gasteiger partial charge in [0, 0.05) is 38.2 Å². The van der Waals surface area contributed by atoms with Crippen molar-refractivity contribution in [3.05, 3.63) is 48.0 Å². The maximum Gasteiger partial charge on any atom is 0.256 e. The van der Waals surface area contributed by atoms with Gasteiger partial charge in [0.1, 0.15) is 11.4 Å². The van der Waals surface area contributed by atoms with E-state index >= 15 is 0 Å². The van der Waals surface area contributed by atoms with Crippen molar-refractivity contribution in [2.24, 2.45) is 23.9 Å². The van der Waals surface area contributed by atoms with E-state index in [1.807, 2.05) is 21.5 Å². The second kappa shape index (κ2) is 8.16. The normalized spacial score (nSPS) is 22.3. The van der Waals surface area contributed by atoms with Gasteiger partial charge >= 0.3 is 0 Å². The highest BCUT2D eigenvalue weighted by Gasteiger charge is 2.57. The third-order valence-corrected chi connectivity index (χ3v) is 8.39. The molecule has 1 saturated heterocycles. The Bertz CT molecular complexity index is 1450. The van der Waals surface area contributed by atoms with Crippen LogP contribution in [0.25, 0.3) is 22.0 Å². The van der Waals surface area contributed by atoms with Crippen LogP contribution in [0.2, 0.25) is 0 Å². The molecule has 0 bridgehead atoms. The second-order valence-corrected chi connectivity index (χ2v) is 11.0. The predicted octanol–water partition coefficient (Wildman–Crippen LogP) is 3.63. The molecule has 1 spiro atoms. The largest absolute Gasteiger partial charge is 0.479 e. The van der Waals surface area contributed by atoms with Gasteiger partial charge in [-0.3, -0.25) is 24.2 Å². The summed E-state index contributed by atoms with van der Waals surface area (Å²) in [6, 6.07) is 14.6. The number of amides is 2. The Labute approximate surface area is 215 Å². The number of benzene rings is 2. The van der Waals surface area contributed by atoms with E-state index in [1.54, 1.807) is 7.11 Å². The maximum absolute atomic E-state index is 13.4. The Kier molecular flexibility index (Phi) is 4.97.